The van der Waals surface area contributed by atoms with Crippen LogP contribution in [0.25, 0.3) is 0 Å². The number of nitrogens with one attached hydrogen (secondary N) is 1. The predicted octanol–water partition coefficient (Wildman–Crippen LogP) is 3.42. The van der Waals surface area contributed by atoms with Crippen LogP contribution in [0.5, 0.6) is 0 Å². The van der Waals surface area contributed by atoms with Crippen LogP contribution >= 0.6 is 0 Å². The zero-order chi connectivity index (χ0) is 13.4. The highest BCUT2D eigenvalue weighted by Crippen LogP contribution is 2.24. The minimum absolute atomic E-state index is 0.0759. The van der Waals surface area contributed by atoms with Crippen molar-refractivity contribution in [2.24, 2.45) is 0 Å². The van der Waals surface area contributed by atoms with Crippen LogP contribution in [0.15, 0.2) is 0 Å². The van der Waals surface area contributed by atoms with Crippen molar-refractivity contribution in [3.05, 3.63) is 0 Å². The van der Waals surface area contributed by atoms with Crippen molar-refractivity contribution in [3.8, 4) is 0 Å². The lowest BCUT2D eigenvalue weighted by Crippen LogP contribution is -2.54. The van der Waals surface area contributed by atoms with E-state index < -0.39 is 5.54 Å². The molecule has 1 N–H and O–H groups in total. The zero-order valence-corrected chi connectivity index (χ0v) is 12.3. The van der Waals surface area contributed by atoms with Gasteiger partial charge in [-0.25, -0.2) is 0 Å². The summed E-state index contributed by atoms with van der Waals surface area (Å²) in [5.74, 6) is -0.0759. The van der Waals surface area contributed by atoms with Gasteiger partial charge in [0.1, 0.15) is 5.54 Å². The molecule has 1 atom stereocenters. The summed E-state index contributed by atoms with van der Waals surface area (Å²) in [5, 5.41) is 3.56. The number of hydrogen-bond acceptors (Lipinski definition) is 3. The number of esters is 1. The van der Waals surface area contributed by atoms with Gasteiger partial charge in [-0.15, -0.1) is 0 Å². The first-order valence-electron chi connectivity index (χ1n) is 7.57. The molecular weight excluding hydrogens is 226 g/mol. The molecule has 1 fully saturated rings. The van der Waals surface area contributed by atoms with E-state index in [1.807, 2.05) is 13.8 Å². The molecule has 1 unspecified atom stereocenters. The van der Waals surface area contributed by atoms with Crippen molar-refractivity contribution in [1.82, 2.24) is 5.32 Å². The number of unbranched alkanes of at least 4 members (excludes halogenated alkanes) is 2. The number of rotatable bonds is 8. The van der Waals surface area contributed by atoms with E-state index in [1.54, 1.807) is 0 Å². The van der Waals surface area contributed by atoms with Crippen LogP contribution < -0.4 is 5.32 Å². The molecule has 18 heavy (non-hydrogen) atoms. The van der Waals surface area contributed by atoms with E-state index in [9.17, 15) is 4.79 Å². The fraction of sp³-hybridized carbons (Fsp3) is 0.933. The maximum atomic E-state index is 12.2. The second-order valence-electron chi connectivity index (χ2n) is 5.64. The maximum Gasteiger partial charge on any atom is 0.326 e. The third-order valence-corrected chi connectivity index (χ3v) is 3.88. The summed E-state index contributed by atoms with van der Waals surface area (Å²) in [5.41, 5.74) is -0.486. The molecule has 3 nitrogen and oxygen atoms in total. The van der Waals surface area contributed by atoms with Gasteiger partial charge in [0.15, 0.2) is 0 Å². The lowest BCUT2D eigenvalue weighted by Gasteiger charge is -2.31. The Morgan fingerprint density at radius 1 is 1.28 bits per heavy atom. The standard InChI is InChI=1S/C15H29NO2/c1-4-6-9-12-15(3,14(17)18-5-2)16-13-10-7-8-11-13/h13,16H,4-12H2,1-3H3. The van der Waals surface area contributed by atoms with Crippen molar-refractivity contribution in [1.29, 1.82) is 0 Å². The third-order valence-electron chi connectivity index (χ3n) is 3.88. The normalized spacial score (nSPS) is 19.7. The summed E-state index contributed by atoms with van der Waals surface area (Å²) in [6, 6.07) is 0.501. The Balaban J connectivity index is 2.56. The van der Waals surface area contributed by atoms with Gasteiger partial charge in [-0.2, -0.15) is 0 Å². The highest BCUT2D eigenvalue weighted by Gasteiger charge is 2.36. The maximum absolute atomic E-state index is 12.2. The van der Waals surface area contributed by atoms with E-state index in [4.69, 9.17) is 4.74 Å². The fourth-order valence-corrected chi connectivity index (χ4v) is 2.77. The summed E-state index contributed by atoms with van der Waals surface area (Å²) in [4.78, 5) is 12.2. The molecule has 1 aliphatic rings. The van der Waals surface area contributed by atoms with Gasteiger partial charge >= 0.3 is 5.97 Å². The Morgan fingerprint density at radius 3 is 2.50 bits per heavy atom. The Hall–Kier alpha value is -0.570. The van der Waals surface area contributed by atoms with E-state index in [2.05, 4.69) is 12.2 Å². The monoisotopic (exact) mass is 255 g/mol. The third kappa shape index (κ3) is 4.60. The van der Waals surface area contributed by atoms with Gasteiger partial charge in [0.05, 0.1) is 6.61 Å². The number of ether oxygens (including phenoxy) is 1. The van der Waals surface area contributed by atoms with Crippen LogP contribution in [-0.2, 0) is 9.53 Å². The van der Waals surface area contributed by atoms with Gasteiger partial charge in [0.25, 0.3) is 0 Å². The molecule has 0 radical (unpaired) electrons. The van der Waals surface area contributed by atoms with Crippen LogP contribution in [0.4, 0.5) is 0 Å². The Morgan fingerprint density at radius 2 is 1.94 bits per heavy atom. The topological polar surface area (TPSA) is 38.3 Å². The predicted molar refractivity (Wildman–Crippen MR) is 74.6 cm³/mol. The van der Waals surface area contributed by atoms with Crippen LogP contribution in [-0.4, -0.2) is 24.2 Å². The second kappa shape index (κ2) is 7.78. The molecule has 106 valence electrons. The van der Waals surface area contributed by atoms with E-state index in [0.29, 0.717) is 12.6 Å². The summed E-state index contributed by atoms with van der Waals surface area (Å²) in [6.45, 7) is 6.54. The van der Waals surface area contributed by atoms with Gasteiger partial charge in [-0.3, -0.25) is 10.1 Å². The Bertz CT molecular complexity index is 249. The number of carbonyl (C=O) groups is 1. The first kappa shape index (κ1) is 15.5. The molecule has 0 saturated heterocycles. The van der Waals surface area contributed by atoms with Gasteiger partial charge in [0.2, 0.25) is 0 Å². The van der Waals surface area contributed by atoms with Crippen molar-refractivity contribution in [2.75, 3.05) is 6.61 Å². The van der Waals surface area contributed by atoms with Crippen LogP contribution in [0.3, 0.4) is 0 Å². The number of hydrogen-bond donors (Lipinski definition) is 1. The smallest absolute Gasteiger partial charge is 0.326 e. The molecule has 0 heterocycles. The molecule has 1 rings (SSSR count). The van der Waals surface area contributed by atoms with Crippen molar-refractivity contribution in [3.63, 3.8) is 0 Å². The average Bonchev–Trinajstić information content (AvgIpc) is 2.82. The summed E-state index contributed by atoms with van der Waals surface area (Å²) >= 11 is 0. The van der Waals surface area contributed by atoms with Crippen LogP contribution in [0.2, 0.25) is 0 Å². The van der Waals surface area contributed by atoms with Gasteiger partial charge in [-0.05, 0) is 33.1 Å². The van der Waals surface area contributed by atoms with Gasteiger partial charge in [0, 0.05) is 6.04 Å². The molecule has 0 amide bonds. The lowest BCUT2D eigenvalue weighted by molar-refractivity contribution is -0.151. The molecular formula is C15H29NO2. The van der Waals surface area contributed by atoms with E-state index in [1.165, 1.54) is 38.5 Å². The van der Waals surface area contributed by atoms with E-state index in [-0.39, 0.29) is 5.97 Å². The largest absolute Gasteiger partial charge is 0.465 e. The molecule has 1 saturated carbocycles. The average molecular weight is 255 g/mol. The molecule has 3 heteroatoms. The Kier molecular flexibility index (Phi) is 6.69. The summed E-state index contributed by atoms with van der Waals surface area (Å²) in [6.07, 6.45) is 9.30. The first-order chi connectivity index (χ1) is 8.62. The SMILES string of the molecule is CCCCCC(C)(NC1CCCC1)C(=O)OCC. The molecule has 0 aromatic rings. The van der Waals surface area contributed by atoms with Gasteiger partial charge in [-0.1, -0.05) is 39.0 Å². The second-order valence-corrected chi connectivity index (χ2v) is 5.64. The van der Waals surface area contributed by atoms with Crippen molar-refractivity contribution < 1.29 is 9.53 Å². The quantitative estimate of drug-likeness (QED) is 0.533. The molecule has 0 bridgehead atoms. The van der Waals surface area contributed by atoms with Gasteiger partial charge < -0.3 is 4.74 Å². The zero-order valence-electron chi connectivity index (χ0n) is 12.3. The minimum Gasteiger partial charge on any atom is -0.465 e. The molecule has 0 aromatic carbocycles. The summed E-state index contributed by atoms with van der Waals surface area (Å²) < 4.78 is 5.25. The van der Waals surface area contributed by atoms with Crippen LogP contribution in [0.1, 0.15) is 72.1 Å². The fourth-order valence-electron chi connectivity index (χ4n) is 2.77. The number of carbonyl (C=O) groups excluding carboxylic acids is 1. The van der Waals surface area contributed by atoms with E-state index in [0.717, 1.165) is 12.8 Å². The first-order valence-corrected chi connectivity index (χ1v) is 7.57. The minimum atomic E-state index is -0.486. The summed E-state index contributed by atoms with van der Waals surface area (Å²) in [7, 11) is 0. The van der Waals surface area contributed by atoms with Crippen molar-refractivity contribution >= 4 is 5.97 Å². The van der Waals surface area contributed by atoms with E-state index >= 15 is 0 Å². The highest BCUT2D eigenvalue weighted by molar-refractivity contribution is 5.80. The Labute approximate surface area is 112 Å². The molecule has 0 aromatic heterocycles. The van der Waals surface area contributed by atoms with Crippen LogP contribution in [0, 0.1) is 0 Å². The molecule has 1 aliphatic carbocycles. The molecule has 0 spiro atoms. The highest BCUT2D eigenvalue weighted by atomic mass is 16.5. The molecule has 0 aliphatic heterocycles. The van der Waals surface area contributed by atoms with Crippen molar-refractivity contribution in [2.45, 2.75) is 83.7 Å². The lowest BCUT2D eigenvalue weighted by atomic mass is 9.93.